The smallest absolute Gasteiger partial charge is 0.481 e. The van der Waals surface area contributed by atoms with Gasteiger partial charge in [-0.1, -0.05) is 40.2 Å². The van der Waals surface area contributed by atoms with Crippen LogP contribution in [-0.4, -0.2) is 49.1 Å². The summed E-state index contributed by atoms with van der Waals surface area (Å²) in [5, 5.41) is 13.3. The number of methoxy groups -OCH3 is 1. The highest BCUT2D eigenvalue weighted by atomic mass is 79.9. The van der Waals surface area contributed by atoms with E-state index in [-0.39, 0.29) is 17.9 Å². The molecule has 10 heteroatoms. The van der Waals surface area contributed by atoms with Crippen molar-refractivity contribution >= 4 is 26.8 Å². The molecule has 0 saturated carbocycles. The van der Waals surface area contributed by atoms with Gasteiger partial charge in [0.25, 0.3) is 0 Å². The van der Waals surface area contributed by atoms with Gasteiger partial charge < -0.3 is 19.5 Å². The lowest BCUT2D eigenvalue weighted by atomic mass is 9.71. The molecule has 2 unspecified atom stereocenters. The first-order chi connectivity index (χ1) is 18.4. The first-order valence-corrected chi connectivity index (χ1v) is 12.8. The average molecular weight is 607 g/mol. The number of nitrogens with zero attached hydrogens (tertiary/aromatic N) is 2. The quantitative estimate of drug-likeness (QED) is 0.208. The molecule has 1 heterocycles. The van der Waals surface area contributed by atoms with Crippen LogP contribution >= 0.6 is 15.9 Å². The van der Waals surface area contributed by atoms with Gasteiger partial charge in [-0.15, -0.1) is 13.2 Å². The summed E-state index contributed by atoms with van der Waals surface area (Å²) < 4.78 is 64.4. The van der Waals surface area contributed by atoms with Crippen molar-refractivity contribution in [2.75, 3.05) is 27.7 Å². The fourth-order valence-corrected chi connectivity index (χ4v) is 5.11. The second-order valence-corrected chi connectivity index (χ2v) is 10.4. The van der Waals surface area contributed by atoms with E-state index in [4.69, 9.17) is 4.74 Å². The van der Waals surface area contributed by atoms with E-state index in [0.717, 1.165) is 22.0 Å². The Kier molecular flexibility index (Phi) is 8.48. The number of alkyl halides is 3. The Morgan fingerprint density at radius 3 is 2.41 bits per heavy atom. The summed E-state index contributed by atoms with van der Waals surface area (Å²) in [6, 6.07) is 18.3. The largest absolute Gasteiger partial charge is 0.573 e. The summed E-state index contributed by atoms with van der Waals surface area (Å²) in [5.74, 6) is -1.80. The number of hydrogen-bond acceptors (Lipinski definition) is 5. The first kappa shape index (κ1) is 28.8. The fraction of sp³-hybridized carbons (Fsp3) is 0.276. The van der Waals surface area contributed by atoms with Crippen LogP contribution in [0.15, 0.2) is 77.3 Å². The Morgan fingerprint density at radius 2 is 1.74 bits per heavy atom. The van der Waals surface area contributed by atoms with Gasteiger partial charge in [0.2, 0.25) is 5.88 Å². The number of aromatic nitrogens is 1. The van der Waals surface area contributed by atoms with Crippen molar-refractivity contribution in [1.82, 2.24) is 9.88 Å². The van der Waals surface area contributed by atoms with Crippen molar-refractivity contribution in [2.45, 2.75) is 24.3 Å². The van der Waals surface area contributed by atoms with Crippen molar-refractivity contribution in [3.05, 3.63) is 99.8 Å². The van der Waals surface area contributed by atoms with Crippen molar-refractivity contribution in [3.63, 3.8) is 0 Å². The van der Waals surface area contributed by atoms with Gasteiger partial charge in [0.1, 0.15) is 17.2 Å². The number of aliphatic hydroxyl groups is 1. The predicted octanol–water partition coefficient (Wildman–Crippen LogP) is 7.02. The zero-order valence-corrected chi connectivity index (χ0v) is 23.1. The maximum atomic E-state index is 14.6. The highest BCUT2D eigenvalue weighted by Gasteiger charge is 2.43. The molecule has 0 fully saturated rings. The predicted molar refractivity (Wildman–Crippen MR) is 144 cm³/mol. The second kappa shape index (κ2) is 11.5. The molecule has 0 aliphatic rings. The van der Waals surface area contributed by atoms with E-state index in [2.05, 4.69) is 25.7 Å². The molecule has 4 rings (SSSR count). The Morgan fingerprint density at radius 1 is 1.00 bits per heavy atom. The zero-order chi connectivity index (χ0) is 28.4. The van der Waals surface area contributed by atoms with Crippen LogP contribution < -0.4 is 9.47 Å². The molecule has 0 amide bonds. The fourth-order valence-electron chi connectivity index (χ4n) is 4.73. The Balaban J connectivity index is 2.02. The normalized spacial score (nSPS) is 14.3. The molecular weight excluding hydrogens is 580 g/mol. The van der Waals surface area contributed by atoms with E-state index in [1.54, 1.807) is 18.2 Å². The van der Waals surface area contributed by atoms with Crippen LogP contribution in [0.5, 0.6) is 11.6 Å². The van der Waals surface area contributed by atoms with Crippen molar-refractivity contribution in [1.29, 1.82) is 0 Å². The summed E-state index contributed by atoms with van der Waals surface area (Å²) in [5.41, 5.74) is -0.201. The van der Waals surface area contributed by atoms with Crippen LogP contribution in [0.3, 0.4) is 0 Å². The van der Waals surface area contributed by atoms with Gasteiger partial charge in [-0.05, 0) is 80.2 Å². The average Bonchev–Trinajstić information content (AvgIpc) is 2.86. The van der Waals surface area contributed by atoms with Crippen LogP contribution in [-0.2, 0) is 5.60 Å². The highest BCUT2D eigenvalue weighted by molar-refractivity contribution is 9.10. The molecule has 0 saturated heterocycles. The molecular formula is C29H27BrF4N2O3. The maximum absolute atomic E-state index is 14.6. The summed E-state index contributed by atoms with van der Waals surface area (Å²) in [6.45, 7) is 0.363. The third-order valence-corrected chi connectivity index (χ3v) is 6.93. The number of pyridine rings is 1. The van der Waals surface area contributed by atoms with Gasteiger partial charge >= 0.3 is 6.36 Å². The molecule has 0 bridgehead atoms. The third kappa shape index (κ3) is 6.69. The van der Waals surface area contributed by atoms with Gasteiger partial charge in [-0.25, -0.2) is 9.37 Å². The lowest BCUT2D eigenvalue weighted by Crippen LogP contribution is -2.38. The minimum atomic E-state index is -4.92. The monoisotopic (exact) mass is 606 g/mol. The topological polar surface area (TPSA) is 54.8 Å². The molecule has 0 spiro atoms. The number of fused-ring (bicyclic) bond motifs is 1. The minimum Gasteiger partial charge on any atom is -0.481 e. The molecule has 3 aromatic carbocycles. The molecule has 39 heavy (non-hydrogen) atoms. The summed E-state index contributed by atoms with van der Waals surface area (Å²) in [6.07, 6.45) is -4.84. The SMILES string of the molecule is COc1nc2ccc(Br)cc2cc1C(c1cccc(F)c1)C(O)(CCN(C)C)c1cccc(OC(F)(F)F)c1. The zero-order valence-electron chi connectivity index (χ0n) is 21.5. The minimum absolute atomic E-state index is 0.0797. The van der Waals surface area contributed by atoms with Gasteiger partial charge in [0.05, 0.1) is 12.6 Å². The molecule has 206 valence electrons. The molecule has 1 N–H and O–H groups in total. The first-order valence-electron chi connectivity index (χ1n) is 12.0. The lowest BCUT2D eigenvalue weighted by Gasteiger charge is -2.39. The summed E-state index contributed by atoms with van der Waals surface area (Å²) in [7, 11) is 5.07. The molecule has 0 aliphatic heterocycles. The summed E-state index contributed by atoms with van der Waals surface area (Å²) in [4.78, 5) is 6.48. The number of hydrogen-bond donors (Lipinski definition) is 1. The van der Waals surface area contributed by atoms with Crippen LogP contribution in [0.2, 0.25) is 0 Å². The van der Waals surface area contributed by atoms with Gasteiger partial charge in [-0.2, -0.15) is 0 Å². The number of rotatable bonds is 9. The highest BCUT2D eigenvalue weighted by Crippen LogP contribution is 2.48. The molecule has 4 aromatic rings. The standard InChI is InChI=1S/C29H27BrF4N2O3/c1-36(2)13-12-28(37,20-7-5-9-23(17-20)39-29(32,33)34)26(18-6-4-8-22(31)15-18)24-16-19-14-21(30)10-11-25(19)35-27(24)38-3/h4-11,14-17,26,37H,12-13H2,1-3H3. The van der Waals surface area contributed by atoms with Gasteiger partial charge in [0.15, 0.2) is 0 Å². The lowest BCUT2D eigenvalue weighted by molar-refractivity contribution is -0.274. The van der Waals surface area contributed by atoms with Crippen LogP contribution in [0.1, 0.15) is 29.0 Å². The van der Waals surface area contributed by atoms with Crippen molar-refractivity contribution in [3.8, 4) is 11.6 Å². The van der Waals surface area contributed by atoms with E-state index in [1.807, 2.05) is 31.1 Å². The van der Waals surface area contributed by atoms with Crippen molar-refractivity contribution in [2.24, 2.45) is 0 Å². The third-order valence-electron chi connectivity index (χ3n) is 6.44. The number of halogens is 5. The van der Waals surface area contributed by atoms with E-state index in [1.165, 1.54) is 37.4 Å². The molecule has 0 aliphatic carbocycles. The number of benzene rings is 3. The molecule has 5 nitrogen and oxygen atoms in total. The van der Waals surface area contributed by atoms with E-state index >= 15 is 0 Å². The Bertz CT molecular complexity index is 1460. The Hall–Kier alpha value is -3.21. The second-order valence-electron chi connectivity index (χ2n) is 9.47. The van der Waals surface area contributed by atoms with Crippen LogP contribution in [0.25, 0.3) is 10.9 Å². The summed E-state index contributed by atoms with van der Waals surface area (Å²) >= 11 is 3.46. The van der Waals surface area contributed by atoms with E-state index < -0.39 is 29.4 Å². The van der Waals surface area contributed by atoms with E-state index in [0.29, 0.717) is 23.2 Å². The van der Waals surface area contributed by atoms with Crippen LogP contribution in [0.4, 0.5) is 17.6 Å². The van der Waals surface area contributed by atoms with E-state index in [9.17, 15) is 22.7 Å². The molecule has 2 atom stereocenters. The molecule has 0 radical (unpaired) electrons. The van der Waals surface area contributed by atoms with Gasteiger partial charge in [-0.3, -0.25) is 0 Å². The maximum Gasteiger partial charge on any atom is 0.573 e. The van der Waals surface area contributed by atoms with Crippen LogP contribution in [0, 0.1) is 5.82 Å². The number of ether oxygens (including phenoxy) is 2. The Labute approximate surface area is 232 Å². The van der Waals surface area contributed by atoms with Crippen molar-refractivity contribution < 1.29 is 32.1 Å². The molecule has 1 aromatic heterocycles. The van der Waals surface area contributed by atoms with Gasteiger partial charge in [0, 0.05) is 27.9 Å².